The highest BCUT2D eigenvalue weighted by Crippen LogP contribution is 2.46. The van der Waals surface area contributed by atoms with Crippen molar-refractivity contribution in [2.45, 2.75) is 58.0 Å². The van der Waals surface area contributed by atoms with E-state index in [0.717, 1.165) is 49.2 Å². The monoisotopic (exact) mass is 491 g/mol. The highest BCUT2D eigenvalue weighted by molar-refractivity contribution is 5.83. The Morgan fingerprint density at radius 1 is 1.06 bits per heavy atom. The molecule has 0 saturated carbocycles. The Bertz CT molecular complexity index is 1090. The lowest BCUT2D eigenvalue weighted by molar-refractivity contribution is -0.148. The molecule has 3 heterocycles. The van der Waals surface area contributed by atoms with E-state index in [2.05, 4.69) is 34.5 Å². The average molecular weight is 492 g/mol. The first kappa shape index (κ1) is 24.5. The molecule has 192 valence electrons. The topological polar surface area (TPSA) is 71.1 Å². The molecule has 2 fully saturated rings. The third-order valence-electron chi connectivity index (χ3n) is 7.80. The standard InChI is InChI=1S/C29H37N3O4/c1-3-35-26-17-21-13-16-31-25(23(21)18-27(26)36-4-2)19-24-22(28(31)33)11-8-15-32(24)29(34)30-14-12-20-9-6-5-7-10-20/h5-7,9-10,17-18,22,24-25H,3-4,8,11-16,19H2,1-2H3,(H,30,34)/t22-,24-,25+/m0/s1. The van der Waals surface area contributed by atoms with E-state index >= 15 is 0 Å². The molecule has 2 saturated heterocycles. The van der Waals surface area contributed by atoms with Crippen LogP contribution in [0.15, 0.2) is 42.5 Å². The van der Waals surface area contributed by atoms with Gasteiger partial charge in [0.25, 0.3) is 0 Å². The second kappa shape index (κ2) is 10.8. The van der Waals surface area contributed by atoms with Crippen molar-refractivity contribution >= 4 is 11.9 Å². The Morgan fingerprint density at radius 2 is 1.81 bits per heavy atom. The van der Waals surface area contributed by atoms with Gasteiger partial charge in [-0.1, -0.05) is 30.3 Å². The van der Waals surface area contributed by atoms with E-state index in [1.165, 1.54) is 11.1 Å². The molecule has 1 N–H and O–H groups in total. The summed E-state index contributed by atoms with van der Waals surface area (Å²) >= 11 is 0. The van der Waals surface area contributed by atoms with Crippen molar-refractivity contribution in [3.05, 3.63) is 59.2 Å². The van der Waals surface area contributed by atoms with Crippen LogP contribution in [0.5, 0.6) is 11.5 Å². The third-order valence-corrected chi connectivity index (χ3v) is 7.80. The first-order chi connectivity index (χ1) is 17.6. The van der Waals surface area contributed by atoms with Crippen LogP contribution in [0.4, 0.5) is 4.79 Å². The number of piperidine rings is 2. The van der Waals surface area contributed by atoms with Crippen molar-refractivity contribution in [3.63, 3.8) is 0 Å². The molecule has 0 radical (unpaired) electrons. The van der Waals surface area contributed by atoms with Crippen molar-refractivity contribution in [2.75, 3.05) is 32.8 Å². The fourth-order valence-electron chi connectivity index (χ4n) is 6.15. The van der Waals surface area contributed by atoms with Crippen LogP contribution in [-0.4, -0.2) is 60.6 Å². The van der Waals surface area contributed by atoms with Crippen molar-refractivity contribution < 1.29 is 19.1 Å². The Labute approximate surface area is 213 Å². The maximum atomic E-state index is 13.7. The second-order valence-corrected chi connectivity index (χ2v) is 9.87. The minimum atomic E-state index is -0.120. The first-order valence-electron chi connectivity index (χ1n) is 13.4. The largest absolute Gasteiger partial charge is 0.490 e. The number of nitrogens with one attached hydrogen (secondary N) is 1. The average Bonchev–Trinajstić information content (AvgIpc) is 2.90. The van der Waals surface area contributed by atoms with Crippen LogP contribution in [0.1, 0.15) is 55.8 Å². The Balaban J connectivity index is 1.35. The van der Waals surface area contributed by atoms with Crippen LogP contribution in [-0.2, 0) is 17.6 Å². The molecule has 3 aliphatic rings. The molecular formula is C29H37N3O4. The van der Waals surface area contributed by atoms with Gasteiger partial charge in [-0.05, 0) is 74.8 Å². The lowest BCUT2D eigenvalue weighted by Gasteiger charge is -2.51. The highest BCUT2D eigenvalue weighted by atomic mass is 16.5. The van der Waals surface area contributed by atoms with Gasteiger partial charge < -0.3 is 24.6 Å². The van der Waals surface area contributed by atoms with Crippen LogP contribution in [0, 0.1) is 5.92 Å². The van der Waals surface area contributed by atoms with E-state index in [1.807, 2.05) is 36.9 Å². The molecule has 0 aliphatic carbocycles. The van der Waals surface area contributed by atoms with Gasteiger partial charge in [-0.3, -0.25) is 4.79 Å². The van der Waals surface area contributed by atoms with Crippen LogP contribution >= 0.6 is 0 Å². The summed E-state index contributed by atoms with van der Waals surface area (Å²) in [6, 6.07) is 14.2. The highest BCUT2D eigenvalue weighted by Gasteiger charge is 2.48. The number of benzene rings is 2. The molecule has 5 rings (SSSR count). The summed E-state index contributed by atoms with van der Waals surface area (Å²) in [4.78, 5) is 30.9. The smallest absolute Gasteiger partial charge is 0.317 e. The minimum Gasteiger partial charge on any atom is -0.490 e. The Hall–Kier alpha value is -3.22. The summed E-state index contributed by atoms with van der Waals surface area (Å²) in [5.41, 5.74) is 3.55. The number of fused-ring (bicyclic) bond motifs is 4. The number of ether oxygens (including phenoxy) is 2. The molecular weight excluding hydrogens is 454 g/mol. The zero-order valence-corrected chi connectivity index (χ0v) is 21.4. The minimum absolute atomic E-state index is 0.0462. The quantitative estimate of drug-likeness (QED) is 0.625. The van der Waals surface area contributed by atoms with E-state index in [-0.39, 0.29) is 29.9 Å². The fourth-order valence-corrected chi connectivity index (χ4v) is 6.15. The second-order valence-electron chi connectivity index (χ2n) is 9.87. The summed E-state index contributed by atoms with van der Waals surface area (Å²) in [6.07, 6.45) is 4.07. The molecule has 0 bridgehead atoms. The van der Waals surface area contributed by atoms with Crippen molar-refractivity contribution in [2.24, 2.45) is 5.92 Å². The predicted octanol–water partition coefficient (Wildman–Crippen LogP) is 4.35. The van der Waals surface area contributed by atoms with E-state index in [9.17, 15) is 9.59 Å². The Kier molecular flexibility index (Phi) is 7.35. The molecule has 7 nitrogen and oxygen atoms in total. The summed E-state index contributed by atoms with van der Waals surface area (Å²) in [5, 5.41) is 3.11. The lowest BCUT2D eigenvalue weighted by atomic mass is 9.76. The first-order valence-corrected chi connectivity index (χ1v) is 13.4. The molecule has 2 aromatic carbocycles. The molecule has 0 spiro atoms. The van der Waals surface area contributed by atoms with E-state index in [0.29, 0.717) is 32.8 Å². The molecule has 7 heteroatoms. The molecule has 3 amide bonds. The van der Waals surface area contributed by atoms with Crippen LogP contribution in [0.2, 0.25) is 0 Å². The maximum absolute atomic E-state index is 13.7. The number of hydrogen-bond donors (Lipinski definition) is 1. The van der Waals surface area contributed by atoms with E-state index < -0.39 is 0 Å². The molecule has 36 heavy (non-hydrogen) atoms. The van der Waals surface area contributed by atoms with Gasteiger partial charge in [0.1, 0.15) is 0 Å². The van der Waals surface area contributed by atoms with Crippen LogP contribution in [0.25, 0.3) is 0 Å². The number of carbonyl (C=O) groups excluding carboxylic acids is 2. The summed E-state index contributed by atoms with van der Waals surface area (Å²) < 4.78 is 11.8. The van der Waals surface area contributed by atoms with Crippen LogP contribution < -0.4 is 14.8 Å². The zero-order valence-electron chi connectivity index (χ0n) is 21.4. The van der Waals surface area contributed by atoms with E-state index in [1.54, 1.807) is 0 Å². The number of hydrogen-bond acceptors (Lipinski definition) is 4. The van der Waals surface area contributed by atoms with Gasteiger partial charge in [-0.2, -0.15) is 0 Å². The number of rotatable bonds is 7. The lowest BCUT2D eigenvalue weighted by Crippen LogP contribution is -2.61. The zero-order chi connectivity index (χ0) is 25.1. The normalized spacial score (nSPS) is 22.8. The number of urea groups is 1. The molecule has 3 aliphatic heterocycles. The van der Waals surface area contributed by atoms with Crippen molar-refractivity contribution in [1.82, 2.24) is 15.1 Å². The molecule has 0 aromatic heterocycles. The molecule has 3 atom stereocenters. The van der Waals surface area contributed by atoms with E-state index in [4.69, 9.17) is 9.47 Å². The number of likely N-dealkylation sites (tertiary alicyclic amines) is 1. The van der Waals surface area contributed by atoms with Gasteiger partial charge in [0.05, 0.1) is 25.2 Å². The summed E-state index contributed by atoms with van der Waals surface area (Å²) in [5.74, 6) is 1.57. The fraction of sp³-hybridized carbons (Fsp3) is 0.517. The van der Waals surface area contributed by atoms with Crippen molar-refractivity contribution in [1.29, 1.82) is 0 Å². The molecule has 2 aromatic rings. The maximum Gasteiger partial charge on any atom is 0.317 e. The number of carbonyl (C=O) groups is 2. The third kappa shape index (κ3) is 4.75. The Morgan fingerprint density at radius 3 is 2.56 bits per heavy atom. The molecule has 0 unspecified atom stereocenters. The summed E-state index contributed by atoms with van der Waals surface area (Å²) in [7, 11) is 0. The van der Waals surface area contributed by atoms with Gasteiger partial charge in [0, 0.05) is 25.7 Å². The van der Waals surface area contributed by atoms with Crippen LogP contribution in [0.3, 0.4) is 0 Å². The van der Waals surface area contributed by atoms with Gasteiger partial charge in [0.15, 0.2) is 11.5 Å². The predicted molar refractivity (Wildman–Crippen MR) is 138 cm³/mol. The SMILES string of the molecule is CCOc1cc2c(cc1OCC)[C@H]1C[C@H]3[C@H](CCCN3C(=O)NCCc3ccccc3)C(=O)N1CC2. The van der Waals surface area contributed by atoms with Gasteiger partial charge in [0.2, 0.25) is 5.91 Å². The number of amides is 3. The van der Waals surface area contributed by atoms with Gasteiger partial charge in [-0.25, -0.2) is 4.79 Å². The summed E-state index contributed by atoms with van der Waals surface area (Å²) in [6.45, 7) is 7.05. The number of nitrogens with zero attached hydrogens (tertiary/aromatic N) is 2. The van der Waals surface area contributed by atoms with Gasteiger partial charge >= 0.3 is 6.03 Å². The van der Waals surface area contributed by atoms with Gasteiger partial charge in [-0.15, -0.1) is 0 Å². The van der Waals surface area contributed by atoms with Crippen molar-refractivity contribution in [3.8, 4) is 11.5 Å².